The van der Waals surface area contributed by atoms with Gasteiger partial charge >= 0.3 is 0 Å². The highest BCUT2D eigenvalue weighted by Crippen LogP contribution is 2.35. The predicted octanol–water partition coefficient (Wildman–Crippen LogP) is 2.40. The van der Waals surface area contributed by atoms with E-state index in [1.807, 2.05) is 12.2 Å². The van der Waals surface area contributed by atoms with E-state index in [9.17, 15) is 22.8 Å². The van der Waals surface area contributed by atoms with E-state index in [-0.39, 0.29) is 22.4 Å². The van der Waals surface area contributed by atoms with Gasteiger partial charge in [-0.2, -0.15) is 0 Å². The van der Waals surface area contributed by atoms with Crippen LogP contribution in [0.15, 0.2) is 71.6 Å². The Labute approximate surface area is 186 Å². The minimum atomic E-state index is -3.85. The molecule has 3 amide bonds. The molecule has 2 unspecified atom stereocenters. The van der Waals surface area contributed by atoms with Crippen molar-refractivity contribution in [1.82, 2.24) is 4.90 Å². The molecule has 0 spiro atoms. The van der Waals surface area contributed by atoms with Crippen LogP contribution >= 0.6 is 0 Å². The highest BCUT2D eigenvalue weighted by atomic mass is 32.2. The maximum Gasteiger partial charge on any atom is 0.264 e. The monoisotopic (exact) mass is 453 g/mol. The number of hydrogen-bond donors (Lipinski definition) is 1. The molecular formula is C23H23N3O5S. The van der Waals surface area contributed by atoms with Crippen molar-refractivity contribution in [2.45, 2.75) is 17.7 Å². The number of anilines is 2. The van der Waals surface area contributed by atoms with E-state index in [1.54, 1.807) is 36.4 Å². The SMILES string of the molecule is CN(c1ccccc1)S(=O)(=O)c1cccc(NC(=O)CN2C(=O)C3CC=CCC3C2=O)c1. The molecule has 4 rings (SSSR count). The molecule has 0 saturated carbocycles. The summed E-state index contributed by atoms with van der Waals surface area (Å²) in [6.07, 6.45) is 4.77. The van der Waals surface area contributed by atoms with E-state index in [1.165, 1.54) is 25.2 Å². The highest BCUT2D eigenvalue weighted by Gasteiger charge is 2.47. The molecule has 2 aliphatic rings. The number of nitrogens with zero attached hydrogens (tertiary/aromatic N) is 2. The number of sulfonamides is 1. The summed E-state index contributed by atoms with van der Waals surface area (Å²) in [7, 11) is -2.40. The van der Waals surface area contributed by atoms with Gasteiger partial charge in [-0.15, -0.1) is 0 Å². The van der Waals surface area contributed by atoms with Crippen molar-refractivity contribution in [1.29, 1.82) is 0 Å². The Morgan fingerprint density at radius 2 is 1.62 bits per heavy atom. The molecule has 0 radical (unpaired) electrons. The van der Waals surface area contributed by atoms with E-state index < -0.39 is 34.3 Å². The van der Waals surface area contributed by atoms with Crippen LogP contribution in [0.25, 0.3) is 0 Å². The van der Waals surface area contributed by atoms with E-state index in [0.717, 1.165) is 9.21 Å². The van der Waals surface area contributed by atoms with Gasteiger partial charge in [0.25, 0.3) is 10.0 Å². The number of carbonyl (C=O) groups excluding carboxylic acids is 3. The average Bonchev–Trinajstić information content (AvgIpc) is 3.04. The summed E-state index contributed by atoms with van der Waals surface area (Å²) in [5, 5.41) is 2.60. The van der Waals surface area contributed by atoms with Gasteiger partial charge in [0.15, 0.2) is 0 Å². The lowest BCUT2D eigenvalue weighted by atomic mass is 9.85. The fraction of sp³-hybridized carbons (Fsp3) is 0.261. The Balaban J connectivity index is 1.47. The number of amides is 3. The van der Waals surface area contributed by atoms with Crippen molar-refractivity contribution in [2.75, 3.05) is 23.2 Å². The summed E-state index contributed by atoms with van der Waals surface area (Å²) in [6, 6.07) is 14.5. The second-order valence-electron chi connectivity index (χ2n) is 7.80. The van der Waals surface area contributed by atoms with Gasteiger partial charge in [-0.3, -0.25) is 23.6 Å². The average molecular weight is 454 g/mol. The molecule has 1 N–H and O–H groups in total. The fourth-order valence-electron chi connectivity index (χ4n) is 4.04. The van der Waals surface area contributed by atoms with E-state index in [4.69, 9.17) is 0 Å². The van der Waals surface area contributed by atoms with E-state index >= 15 is 0 Å². The Morgan fingerprint density at radius 3 is 2.25 bits per heavy atom. The summed E-state index contributed by atoms with van der Waals surface area (Å²) in [6.45, 7) is -0.397. The third kappa shape index (κ3) is 4.03. The Bertz CT molecular complexity index is 1170. The maximum atomic E-state index is 13.0. The van der Waals surface area contributed by atoms with Gasteiger partial charge in [0.1, 0.15) is 6.54 Å². The van der Waals surface area contributed by atoms with E-state index in [0.29, 0.717) is 18.5 Å². The molecule has 0 aromatic heterocycles. The molecule has 166 valence electrons. The van der Waals surface area contributed by atoms with Crippen LogP contribution in [-0.4, -0.2) is 44.6 Å². The van der Waals surface area contributed by atoms with Gasteiger partial charge in [0, 0.05) is 12.7 Å². The number of carbonyl (C=O) groups is 3. The van der Waals surface area contributed by atoms with Gasteiger partial charge in [-0.05, 0) is 43.2 Å². The zero-order valence-corrected chi connectivity index (χ0v) is 18.3. The normalized spacial score (nSPS) is 20.2. The molecular weight excluding hydrogens is 430 g/mol. The number of fused-ring (bicyclic) bond motifs is 1. The number of allylic oxidation sites excluding steroid dienone is 2. The number of benzene rings is 2. The first-order valence-electron chi connectivity index (χ1n) is 10.2. The van der Waals surface area contributed by atoms with Crippen molar-refractivity contribution in [3.05, 3.63) is 66.7 Å². The number of para-hydroxylation sites is 1. The Kier molecular flexibility index (Phi) is 5.84. The molecule has 9 heteroatoms. The van der Waals surface area contributed by atoms with Crippen LogP contribution in [0.3, 0.4) is 0 Å². The number of hydrogen-bond acceptors (Lipinski definition) is 5. The zero-order chi connectivity index (χ0) is 22.9. The molecule has 8 nitrogen and oxygen atoms in total. The van der Waals surface area contributed by atoms with Crippen LogP contribution in [0.5, 0.6) is 0 Å². The minimum Gasteiger partial charge on any atom is -0.324 e. The predicted molar refractivity (Wildman–Crippen MR) is 119 cm³/mol. The van der Waals surface area contributed by atoms with Gasteiger partial charge in [0.05, 0.1) is 22.4 Å². The largest absolute Gasteiger partial charge is 0.324 e. The standard InChI is InChI=1S/C23H23N3O5S/c1-25(17-9-3-2-4-10-17)32(30,31)18-11-7-8-16(14-18)24-21(27)15-26-22(28)19-12-5-6-13-20(19)23(26)29/h2-11,14,19-20H,12-13,15H2,1H3,(H,24,27). The smallest absolute Gasteiger partial charge is 0.264 e. The quantitative estimate of drug-likeness (QED) is 0.534. The summed E-state index contributed by atoms with van der Waals surface area (Å²) in [5.74, 6) is -2.03. The van der Waals surface area contributed by atoms with Gasteiger partial charge < -0.3 is 5.32 Å². The number of likely N-dealkylation sites (tertiary alicyclic amines) is 1. The maximum absolute atomic E-state index is 13.0. The minimum absolute atomic E-state index is 0.00655. The zero-order valence-electron chi connectivity index (χ0n) is 17.5. The molecule has 32 heavy (non-hydrogen) atoms. The third-order valence-electron chi connectivity index (χ3n) is 5.80. The van der Waals surface area contributed by atoms with Crippen LogP contribution in [0, 0.1) is 11.8 Å². The van der Waals surface area contributed by atoms with Crippen LogP contribution in [0.1, 0.15) is 12.8 Å². The van der Waals surface area contributed by atoms with Crippen LogP contribution in [-0.2, 0) is 24.4 Å². The van der Waals surface area contributed by atoms with Crippen LogP contribution < -0.4 is 9.62 Å². The molecule has 2 aromatic carbocycles. The summed E-state index contributed by atoms with van der Waals surface area (Å²) in [4.78, 5) is 38.6. The fourth-order valence-corrected chi connectivity index (χ4v) is 5.28. The molecule has 1 saturated heterocycles. The topological polar surface area (TPSA) is 104 Å². The van der Waals surface area contributed by atoms with Crippen LogP contribution in [0.2, 0.25) is 0 Å². The first-order chi connectivity index (χ1) is 15.3. The van der Waals surface area contributed by atoms with Gasteiger partial charge in [-0.1, -0.05) is 36.4 Å². The molecule has 1 aliphatic carbocycles. The van der Waals surface area contributed by atoms with Crippen molar-refractivity contribution < 1.29 is 22.8 Å². The molecule has 0 bridgehead atoms. The third-order valence-corrected chi connectivity index (χ3v) is 7.58. The molecule has 1 heterocycles. The number of rotatable bonds is 6. The summed E-state index contributed by atoms with van der Waals surface area (Å²) >= 11 is 0. The first kappa shape index (κ1) is 21.8. The lowest BCUT2D eigenvalue weighted by Crippen LogP contribution is -2.38. The molecule has 2 aromatic rings. The molecule has 1 fully saturated rings. The second kappa shape index (κ2) is 8.58. The van der Waals surface area contributed by atoms with Crippen LogP contribution in [0.4, 0.5) is 11.4 Å². The Morgan fingerprint density at radius 1 is 1.00 bits per heavy atom. The molecule has 2 atom stereocenters. The van der Waals surface area contributed by atoms with Gasteiger partial charge in [0.2, 0.25) is 17.7 Å². The summed E-state index contributed by atoms with van der Waals surface area (Å²) < 4.78 is 27.1. The van der Waals surface area contributed by atoms with Crippen molar-refractivity contribution in [2.24, 2.45) is 11.8 Å². The molecule has 1 aliphatic heterocycles. The first-order valence-corrected chi connectivity index (χ1v) is 11.7. The lowest BCUT2D eigenvalue weighted by Gasteiger charge is -2.20. The van der Waals surface area contributed by atoms with Crippen molar-refractivity contribution >= 4 is 39.1 Å². The van der Waals surface area contributed by atoms with Crippen molar-refractivity contribution in [3.8, 4) is 0 Å². The number of nitrogens with one attached hydrogen (secondary N) is 1. The van der Waals surface area contributed by atoms with Gasteiger partial charge in [-0.25, -0.2) is 8.42 Å². The lowest BCUT2D eigenvalue weighted by molar-refractivity contribution is -0.142. The second-order valence-corrected chi connectivity index (χ2v) is 9.77. The number of imide groups is 1. The van der Waals surface area contributed by atoms with Crippen molar-refractivity contribution in [3.63, 3.8) is 0 Å². The highest BCUT2D eigenvalue weighted by molar-refractivity contribution is 7.92. The Hall–Kier alpha value is -3.46. The van der Waals surface area contributed by atoms with E-state index in [2.05, 4.69) is 5.32 Å². The summed E-state index contributed by atoms with van der Waals surface area (Å²) in [5.41, 5.74) is 0.764.